The Bertz CT molecular complexity index is 809. The summed E-state index contributed by atoms with van der Waals surface area (Å²) in [7, 11) is -4.11. The number of sulfone groups is 1. The zero-order chi connectivity index (χ0) is 15.6. The van der Waals surface area contributed by atoms with Crippen LogP contribution in [0.25, 0.3) is 0 Å². The molecule has 0 aromatic heterocycles. The Hall–Kier alpha value is -2.67. The molecule has 2 N–H and O–H groups in total. The van der Waals surface area contributed by atoms with Crippen LogP contribution in [0.2, 0.25) is 0 Å². The normalized spacial score (nSPS) is 11.0. The summed E-state index contributed by atoms with van der Waals surface area (Å²) in [5.74, 6) is -2.78. The Kier molecular flexibility index (Phi) is 3.77. The van der Waals surface area contributed by atoms with Crippen molar-refractivity contribution in [3.63, 3.8) is 0 Å². The lowest BCUT2D eigenvalue weighted by Gasteiger charge is -2.09. The topological polar surface area (TPSA) is 109 Å². The number of rotatable bonds is 4. The van der Waals surface area contributed by atoms with Crippen LogP contribution in [-0.4, -0.2) is 30.6 Å². The van der Waals surface area contributed by atoms with Gasteiger partial charge in [-0.1, -0.05) is 18.2 Å². The van der Waals surface area contributed by atoms with E-state index in [-0.39, 0.29) is 10.5 Å². The van der Waals surface area contributed by atoms with Crippen molar-refractivity contribution in [2.24, 2.45) is 0 Å². The third-order valence-electron chi connectivity index (χ3n) is 2.80. The van der Waals surface area contributed by atoms with Gasteiger partial charge in [0, 0.05) is 0 Å². The Balaban J connectivity index is 2.74. The largest absolute Gasteiger partial charge is 0.478 e. The number of carboxylic acid groups (broad SMARTS) is 2. The maximum atomic E-state index is 12.5. The van der Waals surface area contributed by atoms with Gasteiger partial charge in [-0.15, -0.1) is 0 Å². The molecule has 0 aliphatic carbocycles. The molecule has 7 heteroatoms. The van der Waals surface area contributed by atoms with E-state index in [2.05, 4.69) is 0 Å². The second-order valence-electron chi connectivity index (χ2n) is 4.14. The average Bonchev–Trinajstić information content (AvgIpc) is 2.47. The van der Waals surface area contributed by atoms with Crippen LogP contribution in [0.5, 0.6) is 0 Å². The molecule has 0 bridgehead atoms. The molecule has 0 fully saturated rings. The predicted molar refractivity (Wildman–Crippen MR) is 72.3 cm³/mol. The third-order valence-corrected chi connectivity index (χ3v) is 4.61. The smallest absolute Gasteiger partial charge is 0.337 e. The van der Waals surface area contributed by atoms with E-state index in [0.717, 1.165) is 18.2 Å². The summed E-state index contributed by atoms with van der Waals surface area (Å²) < 4.78 is 25.0. The highest BCUT2D eigenvalue weighted by atomic mass is 32.2. The molecule has 0 unspecified atom stereocenters. The molecule has 108 valence electrons. The van der Waals surface area contributed by atoms with Crippen LogP contribution in [0.15, 0.2) is 58.3 Å². The van der Waals surface area contributed by atoms with E-state index in [1.807, 2.05) is 0 Å². The minimum Gasteiger partial charge on any atom is -0.478 e. The van der Waals surface area contributed by atoms with Crippen molar-refractivity contribution in [1.82, 2.24) is 0 Å². The first-order valence-corrected chi connectivity index (χ1v) is 7.23. The zero-order valence-electron chi connectivity index (χ0n) is 10.6. The zero-order valence-corrected chi connectivity index (χ0v) is 11.4. The molecule has 0 aliphatic heterocycles. The van der Waals surface area contributed by atoms with Crippen molar-refractivity contribution in [3.05, 3.63) is 59.7 Å². The monoisotopic (exact) mass is 306 g/mol. The minimum absolute atomic E-state index is 0.102. The Morgan fingerprint density at radius 2 is 1.48 bits per heavy atom. The number of hydrogen-bond donors (Lipinski definition) is 2. The molecule has 2 rings (SSSR count). The predicted octanol–water partition coefficient (Wildman–Crippen LogP) is 1.92. The van der Waals surface area contributed by atoms with E-state index in [4.69, 9.17) is 10.2 Å². The first-order chi connectivity index (χ1) is 9.84. The van der Waals surface area contributed by atoms with Gasteiger partial charge in [-0.05, 0) is 30.3 Å². The van der Waals surface area contributed by atoms with Gasteiger partial charge in [0.2, 0.25) is 9.84 Å². The van der Waals surface area contributed by atoms with Crippen molar-refractivity contribution in [3.8, 4) is 0 Å². The SMILES string of the molecule is O=C(O)c1ccc(C(=O)O)c(S(=O)(=O)c2ccccc2)c1. The lowest BCUT2D eigenvalue weighted by molar-refractivity contribution is 0.0678. The van der Waals surface area contributed by atoms with E-state index in [1.165, 1.54) is 24.3 Å². The second-order valence-corrected chi connectivity index (χ2v) is 6.06. The van der Waals surface area contributed by atoms with Gasteiger partial charge in [-0.3, -0.25) is 0 Å². The highest BCUT2D eigenvalue weighted by molar-refractivity contribution is 7.91. The van der Waals surface area contributed by atoms with Gasteiger partial charge in [-0.2, -0.15) is 0 Å². The fourth-order valence-electron chi connectivity index (χ4n) is 1.78. The fourth-order valence-corrected chi connectivity index (χ4v) is 3.28. The number of carboxylic acids is 2. The molecule has 2 aromatic rings. The first kappa shape index (κ1) is 14.7. The Labute approximate surface area is 120 Å². The maximum Gasteiger partial charge on any atom is 0.337 e. The van der Waals surface area contributed by atoms with Crippen molar-refractivity contribution >= 4 is 21.8 Å². The van der Waals surface area contributed by atoms with Crippen LogP contribution in [0, 0.1) is 0 Å². The molecule has 0 atom stereocenters. The lowest BCUT2D eigenvalue weighted by Crippen LogP contribution is -2.11. The van der Waals surface area contributed by atoms with Gasteiger partial charge in [0.1, 0.15) is 0 Å². The minimum atomic E-state index is -4.11. The maximum absolute atomic E-state index is 12.5. The lowest BCUT2D eigenvalue weighted by atomic mass is 10.1. The summed E-state index contributed by atoms with van der Waals surface area (Å²) in [6, 6.07) is 10.1. The molecule has 0 radical (unpaired) electrons. The van der Waals surface area contributed by atoms with Gasteiger partial charge >= 0.3 is 11.9 Å². The van der Waals surface area contributed by atoms with E-state index >= 15 is 0 Å². The quantitative estimate of drug-likeness (QED) is 0.893. The molecule has 0 aliphatic rings. The van der Waals surface area contributed by atoms with Crippen LogP contribution >= 0.6 is 0 Å². The molecule has 6 nitrogen and oxygen atoms in total. The molecule has 0 saturated heterocycles. The molecular formula is C14H10O6S. The van der Waals surface area contributed by atoms with E-state index < -0.39 is 32.2 Å². The van der Waals surface area contributed by atoms with Crippen LogP contribution in [-0.2, 0) is 9.84 Å². The number of hydrogen-bond acceptors (Lipinski definition) is 4. The highest BCUT2D eigenvalue weighted by Crippen LogP contribution is 2.25. The van der Waals surface area contributed by atoms with E-state index in [0.29, 0.717) is 0 Å². The number of carbonyl (C=O) groups is 2. The summed E-state index contributed by atoms with van der Waals surface area (Å²) >= 11 is 0. The first-order valence-electron chi connectivity index (χ1n) is 5.75. The summed E-state index contributed by atoms with van der Waals surface area (Å²) in [5.41, 5.74) is -0.765. The van der Waals surface area contributed by atoms with Crippen molar-refractivity contribution < 1.29 is 28.2 Å². The molecule has 0 heterocycles. The second kappa shape index (κ2) is 5.37. The van der Waals surface area contributed by atoms with Crippen molar-refractivity contribution in [2.75, 3.05) is 0 Å². The Morgan fingerprint density at radius 3 is 2.00 bits per heavy atom. The van der Waals surface area contributed by atoms with Crippen LogP contribution in [0.1, 0.15) is 20.7 Å². The third kappa shape index (κ3) is 2.77. The van der Waals surface area contributed by atoms with Crippen LogP contribution < -0.4 is 0 Å². The molecule has 0 spiro atoms. The summed E-state index contributed by atoms with van der Waals surface area (Å²) in [6.07, 6.45) is 0. The number of benzene rings is 2. The Morgan fingerprint density at radius 1 is 0.857 bits per heavy atom. The van der Waals surface area contributed by atoms with E-state index in [9.17, 15) is 18.0 Å². The van der Waals surface area contributed by atoms with Gasteiger partial charge in [0.05, 0.1) is 20.9 Å². The molecule has 0 saturated carbocycles. The molecule has 0 amide bonds. The van der Waals surface area contributed by atoms with Crippen LogP contribution in [0.4, 0.5) is 0 Å². The van der Waals surface area contributed by atoms with Crippen molar-refractivity contribution in [2.45, 2.75) is 9.79 Å². The van der Waals surface area contributed by atoms with Gasteiger partial charge < -0.3 is 10.2 Å². The number of aromatic carboxylic acids is 2. The van der Waals surface area contributed by atoms with E-state index in [1.54, 1.807) is 6.07 Å². The molecule has 2 aromatic carbocycles. The molecule has 21 heavy (non-hydrogen) atoms. The highest BCUT2D eigenvalue weighted by Gasteiger charge is 2.25. The standard InChI is InChI=1S/C14H10O6S/c15-13(16)9-6-7-11(14(17)18)12(8-9)21(19,20)10-4-2-1-3-5-10/h1-8H,(H,15,16)(H,17,18). The summed E-state index contributed by atoms with van der Waals surface area (Å²) in [6.45, 7) is 0. The van der Waals surface area contributed by atoms with Gasteiger partial charge in [0.15, 0.2) is 0 Å². The van der Waals surface area contributed by atoms with Gasteiger partial charge in [-0.25, -0.2) is 18.0 Å². The van der Waals surface area contributed by atoms with Gasteiger partial charge in [0.25, 0.3) is 0 Å². The summed E-state index contributed by atoms with van der Waals surface area (Å²) in [4.78, 5) is 21.5. The van der Waals surface area contributed by atoms with Crippen molar-refractivity contribution in [1.29, 1.82) is 0 Å². The fraction of sp³-hybridized carbons (Fsp3) is 0. The molecular weight excluding hydrogens is 296 g/mol. The summed E-state index contributed by atoms with van der Waals surface area (Å²) in [5, 5.41) is 18.0. The average molecular weight is 306 g/mol. The van der Waals surface area contributed by atoms with Crippen LogP contribution in [0.3, 0.4) is 0 Å².